The molecule has 0 aromatic rings. The molecule has 0 rings (SSSR count). The minimum Gasteiger partial charge on any atom is -0.106 e. The third-order valence-corrected chi connectivity index (χ3v) is 2.12. The maximum Gasteiger partial charge on any atom is 0.0258 e. The Balaban J connectivity index is 3.52. The summed E-state index contributed by atoms with van der Waals surface area (Å²) in [7, 11) is 0. The van der Waals surface area contributed by atoms with Gasteiger partial charge in [-0.3, -0.25) is 0 Å². The van der Waals surface area contributed by atoms with Crippen LogP contribution in [0.5, 0.6) is 0 Å². The molecule has 0 spiro atoms. The van der Waals surface area contributed by atoms with Crippen molar-refractivity contribution in [2.45, 2.75) is 59.8 Å². The van der Waals surface area contributed by atoms with Gasteiger partial charge in [0, 0.05) is 5.41 Å². The molecule has 0 atom stereocenters. The van der Waals surface area contributed by atoms with Crippen molar-refractivity contribution in [3.05, 3.63) is 0 Å². The van der Waals surface area contributed by atoms with Crippen LogP contribution in [0, 0.1) is 17.3 Å². The minimum absolute atomic E-state index is 0.239. The predicted molar refractivity (Wildman–Crippen MR) is 56.0 cm³/mol. The van der Waals surface area contributed by atoms with E-state index in [1.807, 2.05) is 6.92 Å². The normalized spacial score (nSPS) is 10.7. The topological polar surface area (TPSA) is 0 Å². The quantitative estimate of drug-likeness (QED) is 0.427. The zero-order chi connectivity index (χ0) is 9.45. The Labute approximate surface area is 77.8 Å². The Morgan fingerprint density at radius 3 is 2.25 bits per heavy atom. The summed E-state index contributed by atoms with van der Waals surface area (Å²) in [5.41, 5.74) is 0.239. The Hall–Kier alpha value is -0.440. The molecule has 0 aromatic carbocycles. The van der Waals surface area contributed by atoms with Crippen LogP contribution in [0.25, 0.3) is 0 Å². The van der Waals surface area contributed by atoms with Gasteiger partial charge in [-0.05, 0) is 27.2 Å². The fourth-order valence-corrected chi connectivity index (χ4v) is 1.39. The maximum absolute atomic E-state index is 3.25. The van der Waals surface area contributed by atoms with Gasteiger partial charge in [0.1, 0.15) is 0 Å². The van der Waals surface area contributed by atoms with Crippen LogP contribution in [0.2, 0.25) is 0 Å². The van der Waals surface area contributed by atoms with Crippen molar-refractivity contribution in [3.8, 4) is 11.8 Å². The third kappa shape index (κ3) is 6.28. The fourth-order valence-electron chi connectivity index (χ4n) is 1.39. The molecule has 0 unspecified atom stereocenters. The summed E-state index contributed by atoms with van der Waals surface area (Å²) < 4.78 is 0. The summed E-state index contributed by atoms with van der Waals surface area (Å²) in [6, 6.07) is 0. The summed E-state index contributed by atoms with van der Waals surface area (Å²) in [5.74, 6) is 6.25. The molecule has 0 heterocycles. The van der Waals surface area contributed by atoms with E-state index in [0.29, 0.717) is 0 Å². The van der Waals surface area contributed by atoms with E-state index in [0.717, 1.165) is 0 Å². The van der Waals surface area contributed by atoms with Gasteiger partial charge in [-0.15, -0.1) is 5.92 Å². The second-order valence-corrected chi connectivity index (χ2v) is 4.07. The van der Waals surface area contributed by atoms with Crippen LogP contribution in [-0.4, -0.2) is 0 Å². The highest BCUT2D eigenvalue weighted by atomic mass is 14.2. The lowest BCUT2D eigenvalue weighted by molar-refractivity contribution is 0.427. The van der Waals surface area contributed by atoms with Crippen molar-refractivity contribution >= 4 is 0 Å². The van der Waals surface area contributed by atoms with Crippen molar-refractivity contribution in [2.75, 3.05) is 0 Å². The number of hydrogen-bond donors (Lipinski definition) is 0. The van der Waals surface area contributed by atoms with E-state index in [1.165, 1.54) is 32.1 Å². The monoisotopic (exact) mass is 166 g/mol. The Morgan fingerprint density at radius 1 is 1.08 bits per heavy atom. The molecule has 0 fully saturated rings. The lowest BCUT2D eigenvalue weighted by Crippen LogP contribution is -2.07. The first-order chi connectivity index (χ1) is 5.62. The van der Waals surface area contributed by atoms with Gasteiger partial charge < -0.3 is 0 Å². The van der Waals surface area contributed by atoms with Crippen LogP contribution in [0.1, 0.15) is 59.8 Å². The van der Waals surface area contributed by atoms with E-state index in [2.05, 4.69) is 32.6 Å². The molecule has 0 saturated heterocycles. The number of unbranched alkanes of at least 4 members (excludes halogenated alkanes) is 3. The molecule has 0 saturated carbocycles. The van der Waals surface area contributed by atoms with Crippen LogP contribution in [0.4, 0.5) is 0 Å². The molecule has 0 nitrogen and oxygen atoms in total. The molecular weight excluding hydrogens is 144 g/mol. The Bertz CT molecular complexity index is 155. The summed E-state index contributed by atoms with van der Waals surface area (Å²) in [6.45, 7) is 8.63. The first-order valence-corrected chi connectivity index (χ1v) is 5.06. The van der Waals surface area contributed by atoms with Gasteiger partial charge in [0.2, 0.25) is 0 Å². The van der Waals surface area contributed by atoms with Gasteiger partial charge in [-0.2, -0.15) is 0 Å². The van der Waals surface area contributed by atoms with Crippen molar-refractivity contribution in [3.63, 3.8) is 0 Å². The average Bonchev–Trinajstić information content (AvgIpc) is 1.98. The second-order valence-electron chi connectivity index (χ2n) is 4.07. The van der Waals surface area contributed by atoms with E-state index in [4.69, 9.17) is 0 Å². The SMILES string of the molecule is CC#CC(C)(C)CCCCCC. The molecule has 0 aliphatic carbocycles. The van der Waals surface area contributed by atoms with Crippen molar-refractivity contribution in [2.24, 2.45) is 5.41 Å². The first kappa shape index (κ1) is 11.6. The van der Waals surface area contributed by atoms with Gasteiger partial charge in [0.25, 0.3) is 0 Å². The third-order valence-electron chi connectivity index (χ3n) is 2.12. The molecule has 0 amide bonds. The second kappa shape index (κ2) is 6.12. The van der Waals surface area contributed by atoms with Gasteiger partial charge in [-0.1, -0.05) is 38.5 Å². The zero-order valence-corrected chi connectivity index (χ0v) is 9.04. The van der Waals surface area contributed by atoms with Crippen LogP contribution < -0.4 is 0 Å². The molecule has 0 N–H and O–H groups in total. The molecule has 0 aliphatic rings. The van der Waals surface area contributed by atoms with Crippen LogP contribution in [0.3, 0.4) is 0 Å². The summed E-state index contributed by atoms with van der Waals surface area (Å²) >= 11 is 0. The van der Waals surface area contributed by atoms with Gasteiger partial charge in [-0.25, -0.2) is 0 Å². The van der Waals surface area contributed by atoms with E-state index in [9.17, 15) is 0 Å². The molecule has 0 heteroatoms. The standard InChI is InChI=1S/C12H22/c1-5-7-8-9-11-12(3,4)10-6-2/h5,7-9,11H2,1-4H3. The molecule has 70 valence electrons. The summed E-state index contributed by atoms with van der Waals surface area (Å²) in [6.07, 6.45) is 6.63. The van der Waals surface area contributed by atoms with Crippen LogP contribution >= 0.6 is 0 Å². The number of rotatable bonds is 5. The molecule has 0 aliphatic heterocycles. The maximum atomic E-state index is 3.25. The average molecular weight is 166 g/mol. The number of hydrogen-bond acceptors (Lipinski definition) is 0. The Morgan fingerprint density at radius 2 is 1.75 bits per heavy atom. The molecule has 0 aromatic heterocycles. The highest BCUT2D eigenvalue weighted by Gasteiger charge is 2.12. The van der Waals surface area contributed by atoms with Crippen molar-refractivity contribution < 1.29 is 0 Å². The first-order valence-electron chi connectivity index (χ1n) is 5.06. The van der Waals surface area contributed by atoms with Gasteiger partial charge in [0.15, 0.2) is 0 Å². The molecule has 0 bridgehead atoms. The van der Waals surface area contributed by atoms with E-state index in [-0.39, 0.29) is 5.41 Å². The summed E-state index contributed by atoms with van der Waals surface area (Å²) in [4.78, 5) is 0. The lowest BCUT2D eigenvalue weighted by Gasteiger charge is -2.16. The van der Waals surface area contributed by atoms with Crippen molar-refractivity contribution in [1.29, 1.82) is 0 Å². The van der Waals surface area contributed by atoms with Gasteiger partial charge in [0.05, 0.1) is 0 Å². The highest BCUT2D eigenvalue weighted by molar-refractivity contribution is 5.06. The highest BCUT2D eigenvalue weighted by Crippen LogP contribution is 2.22. The van der Waals surface area contributed by atoms with Crippen molar-refractivity contribution in [1.82, 2.24) is 0 Å². The fraction of sp³-hybridized carbons (Fsp3) is 0.833. The molecule has 12 heavy (non-hydrogen) atoms. The predicted octanol–water partition coefficient (Wildman–Crippen LogP) is 4.01. The van der Waals surface area contributed by atoms with Crippen LogP contribution in [-0.2, 0) is 0 Å². The Kier molecular flexibility index (Phi) is 5.89. The minimum atomic E-state index is 0.239. The van der Waals surface area contributed by atoms with Gasteiger partial charge >= 0.3 is 0 Å². The smallest absolute Gasteiger partial charge is 0.0258 e. The summed E-state index contributed by atoms with van der Waals surface area (Å²) in [5, 5.41) is 0. The lowest BCUT2D eigenvalue weighted by atomic mass is 9.87. The van der Waals surface area contributed by atoms with Crippen LogP contribution in [0.15, 0.2) is 0 Å². The van der Waals surface area contributed by atoms with E-state index < -0.39 is 0 Å². The van der Waals surface area contributed by atoms with E-state index in [1.54, 1.807) is 0 Å². The van der Waals surface area contributed by atoms with E-state index >= 15 is 0 Å². The molecule has 0 radical (unpaired) electrons. The molecular formula is C12H22. The largest absolute Gasteiger partial charge is 0.106 e. The zero-order valence-electron chi connectivity index (χ0n) is 9.04.